The molecule has 4 nitrogen and oxygen atoms in total. The van der Waals surface area contributed by atoms with Gasteiger partial charge in [0.05, 0.1) is 5.92 Å². The van der Waals surface area contributed by atoms with Crippen LogP contribution in [0.4, 0.5) is 0 Å². The molecule has 0 amide bonds. The molecule has 1 saturated carbocycles. The van der Waals surface area contributed by atoms with Crippen molar-refractivity contribution in [3.63, 3.8) is 0 Å². The molecule has 0 bridgehead atoms. The Morgan fingerprint density at radius 3 is 2.40 bits per heavy atom. The van der Waals surface area contributed by atoms with Gasteiger partial charge in [0.2, 0.25) is 5.78 Å². The summed E-state index contributed by atoms with van der Waals surface area (Å²) in [5.41, 5.74) is 6.00. The Morgan fingerprint density at radius 2 is 1.80 bits per heavy atom. The van der Waals surface area contributed by atoms with Gasteiger partial charge < -0.3 is 9.30 Å². The molecule has 132 valence electrons. The van der Waals surface area contributed by atoms with Crippen molar-refractivity contribution < 1.29 is 14.3 Å². The fourth-order valence-electron chi connectivity index (χ4n) is 3.28. The number of hydrogen-bond donors (Lipinski definition) is 0. The third kappa shape index (κ3) is 3.39. The topological polar surface area (TPSA) is 48.3 Å². The Hall–Kier alpha value is -2.36. The number of rotatable bonds is 5. The first-order chi connectivity index (χ1) is 11.9. The molecule has 3 rings (SSSR count). The molecule has 1 fully saturated rings. The summed E-state index contributed by atoms with van der Waals surface area (Å²) in [6.45, 7) is 7.91. The normalized spacial score (nSPS) is 14.2. The summed E-state index contributed by atoms with van der Waals surface area (Å²) in [5, 5.41) is 0. The van der Waals surface area contributed by atoms with Gasteiger partial charge in [-0.05, 0) is 69.9 Å². The van der Waals surface area contributed by atoms with Crippen LogP contribution < -0.4 is 0 Å². The van der Waals surface area contributed by atoms with E-state index in [1.54, 1.807) is 0 Å². The van der Waals surface area contributed by atoms with Gasteiger partial charge in [-0.2, -0.15) is 0 Å². The first-order valence-corrected chi connectivity index (χ1v) is 8.85. The average Bonchev–Trinajstić information content (AvgIpc) is 2.81. The fraction of sp³-hybridized carbons (Fsp3) is 0.429. The largest absolute Gasteiger partial charge is 0.457 e. The number of aryl methyl sites for hydroxylation is 3. The van der Waals surface area contributed by atoms with Gasteiger partial charge in [-0.15, -0.1) is 0 Å². The number of esters is 1. The van der Waals surface area contributed by atoms with Crippen LogP contribution in [0.15, 0.2) is 24.3 Å². The highest BCUT2D eigenvalue weighted by Gasteiger charge is 2.27. The van der Waals surface area contributed by atoms with E-state index in [-0.39, 0.29) is 24.3 Å². The number of nitrogens with zero attached hydrogens (tertiary/aromatic N) is 1. The number of Topliss-reactive ketones (excluding diaryl/α,β-unsaturated/α-hetero) is 1. The van der Waals surface area contributed by atoms with Crippen molar-refractivity contribution in [1.29, 1.82) is 0 Å². The summed E-state index contributed by atoms with van der Waals surface area (Å²) in [6, 6.07) is 8.16. The van der Waals surface area contributed by atoms with Crippen LogP contribution in [-0.2, 0) is 9.53 Å². The number of carbonyl (C=O) groups excluding carboxylic acids is 2. The van der Waals surface area contributed by atoms with Crippen molar-refractivity contribution in [2.75, 3.05) is 6.61 Å². The fourth-order valence-corrected chi connectivity index (χ4v) is 3.28. The van der Waals surface area contributed by atoms with E-state index in [2.05, 4.69) is 36.6 Å². The quantitative estimate of drug-likeness (QED) is 0.605. The Balaban J connectivity index is 1.79. The second kappa shape index (κ2) is 6.87. The SMILES string of the molecule is Cc1ccc(-n2c(C)cc(C(=O)COC(=O)C3CCC3)c2C)cc1C. The van der Waals surface area contributed by atoms with Gasteiger partial charge in [-0.25, -0.2) is 0 Å². The van der Waals surface area contributed by atoms with Gasteiger partial charge in [0.1, 0.15) is 0 Å². The highest BCUT2D eigenvalue weighted by Crippen LogP contribution is 2.28. The second-order valence-electron chi connectivity index (χ2n) is 7.05. The first-order valence-electron chi connectivity index (χ1n) is 8.85. The standard InChI is InChI=1S/C21H25NO3/c1-13-8-9-18(10-14(13)2)22-15(3)11-19(16(22)4)20(23)12-25-21(24)17-6-5-7-17/h8-11,17H,5-7,12H2,1-4H3. The number of benzene rings is 1. The summed E-state index contributed by atoms with van der Waals surface area (Å²) in [5.74, 6) is -0.380. The highest BCUT2D eigenvalue weighted by molar-refractivity contribution is 5.99. The minimum absolute atomic E-state index is 0.00392. The Labute approximate surface area is 148 Å². The molecule has 0 N–H and O–H groups in total. The van der Waals surface area contributed by atoms with Crippen LogP contribution in [0.25, 0.3) is 5.69 Å². The van der Waals surface area contributed by atoms with E-state index in [0.29, 0.717) is 5.56 Å². The van der Waals surface area contributed by atoms with Gasteiger partial charge >= 0.3 is 5.97 Å². The monoisotopic (exact) mass is 339 g/mol. The Kier molecular flexibility index (Phi) is 4.80. The maximum absolute atomic E-state index is 12.5. The van der Waals surface area contributed by atoms with Crippen LogP contribution in [0.3, 0.4) is 0 Å². The van der Waals surface area contributed by atoms with Gasteiger partial charge in [0.25, 0.3) is 0 Å². The summed E-state index contributed by atoms with van der Waals surface area (Å²) >= 11 is 0. The lowest BCUT2D eigenvalue weighted by Gasteiger charge is -2.22. The maximum Gasteiger partial charge on any atom is 0.309 e. The van der Waals surface area contributed by atoms with Crippen LogP contribution in [0.2, 0.25) is 0 Å². The van der Waals surface area contributed by atoms with E-state index < -0.39 is 0 Å². The number of aromatic nitrogens is 1. The predicted octanol–water partition coefficient (Wildman–Crippen LogP) is 4.24. The second-order valence-corrected chi connectivity index (χ2v) is 7.05. The molecule has 4 heteroatoms. The third-order valence-corrected chi connectivity index (χ3v) is 5.26. The average molecular weight is 339 g/mol. The van der Waals surface area contributed by atoms with Crippen LogP contribution in [0, 0.1) is 33.6 Å². The van der Waals surface area contributed by atoms with Crippen molar-refractivity contribution in [2.45, 2.75) is 47.0 Å². The molecule has 2 aromatic rings. The van der Waals surface area contributed by atoms with E-state index in [0.717, 1.165) is 36.3 Å². The lowest BCUT2D eigenvalue weighted by Crippen LogP contribution is -2.26. The predicted molar refractivity (Wildman–Crippen MR) is 97.3 cm³/mol. The molecule has 0 spiro atoms. The molecule has 1 aromatic heterocycles. The van der Waals surface area contributed by atoms with Crippen molar-refractivity contribution in [1.82, 2.24) is 4.57 Å². The van der Waals surface area contributed by atoms with Crippen molar-refractivity contribution >= 4 is 11.8 Å². The van der Waals surface area contributed by atoms with E-state index in [1.807, 2.05) is 19.9 Å². The third-order valence-electron chi connectivity index (χ3n) is 5.26. The summed E-state index contributed by atoms with van der Waals surface area (Å²) in [4.78, 5) is 24.4. The zero-order valence-corrected chi connectivity index (χ0v) is 15.4. The van der Waals surface area contributed by atoms with Gasteiger partial charge in [0, 0.05) is 22.6 Å². The first kappa shape index (κ1) is 17.5. The lowest BCUT2D eigenvalue weighted by molar-refractivity contribution is -0.150. The molecule has 0 radical (unpaired) electrons. The van der Waals surface area contributed by atoms with Crippen LogP contribution in [0.5, 0.6) is 0 Å². The number of carbonyl (C=O) groups is 2. The molecule has 0 saturated heterocycles. The van der Waals surface area contributed by atoms with E-state index in [4.69, 9.17) is 4.74 Å². The number of ether oxygens (including phenoxy) is 1. The summed E-state index contributed by atoms with van der Waals surface area (Å²) < 4.78 is 7.29. The number of hydrogen-bond acceptors (Lipinski definition) is 3. The maximum atomic E-state index is 12.5. The molecule has 25 heavy (non-hydrogen) atoms. The Morgan fingerprint density at radius 1 is 1.08 bits per heavy atom. The van der Waals surface area contributed by atoms with E-state index in [1.165, 1.54) is 11.1 Å². The van der Waals surface area contributed by atoms with Gasteiger partial charge in [-0.1, -0.05) is 12.5 Å². The van der Waals surface area contributed by atoms with E-state index >= 15 is 0 Å². The molecular formula is C21H25NO3. The molecule has 1 aliphatic carbocycles. The smallest absolute Gasteiger partial charge is 0.309 e. The molecule has 1 heterocycles. The van der Waals surface area contributed by atoms with Crippen molar-refractivity contribution in [3.05, 3.63) is 52.3 Å². The zero-order chi connectivity index (χ0) is 18.1. The molecule has 0 unspecified atom stereocenters. The molecular weight excluding hydrogens is 314 g/mol. The minimum atomic E-state index is -0.234. The van der Waals surface area contributed by atoms with Crippen LogP contribution >= 0.6 is 0 Å². The molecule has 1 aliphatic rings. The molecule has 0 atom stereocenters. The molecule has 0 aliphatic heterocycles. The van der Waals surface area contributed by atoms with E-state index in [9.17, 15) is 9.59 Å². The van der Waals surface area contributed by atoms with Crippen LogP contribution in [-0.4, -0.2) is 22.9 Å². The van der Waals surface area contributed by atoms with Crippen LogP contribution in [0.1, 0.15) is 52.1 Å². The van der Waals surface area contributed by atoms with Gasteiger partial charge in [-0.3, -0.25) is 9.59 Å². The Bertz CT molecular complexity index is 828. The van der Waals surface area contributed by atoms with Gasteiger partial charge in [0.15, 0.2) is 6.61 Å². The molecule has 1 aromatic carbocycles. The lowest BCUT2D eigenvalue weighted by atomic mass is 9.86. The summed E-state index contributed by atoms with van der Waals surface area (Å²) in [6.07, 6.45) is 2.84. The summed E-state index contributed by atoms with van der Waals surface area (Å²) in [7, 11) is 0. The van der Waals surface area contributed by atoms with Crippen molar-refractivity contribution in [2.24, 2.45) is 5.92 Å². The number of ketones is 1. The minimum Gasteiger partial charge on any atom is -0.457 e. The van der Waals surface area contributed by atoms with Crippen molar-refractivity contribution in [3.8, 4) is 5.69 Å². The highest BCUT2D eigenvalue weighted by atomic mass is 16.5. The zero-order valence-electron chi connectivity index (χ0n) is 15.4.